The molecule has 6 aromatic rings. The lowest BCUT2D eigenvalue weighted by Crippen LogP contribution is -2.28. The van der Waals surface area contributed by atoms with Crippen LogP contribution in [-0.2, 0) is 6.42 Å². The number of H-pyrrole nitrogens is 2. The van der Waals surface area contributed by atoms with E-state index in [-0.39, 0.29) is 17.7 Å². The van der Waals surface area contributed by atoms with Crippen molar-refractivity contribution in [3.63, 3.8) is 0 Å². The third-order valence-electron chi connectivity index (χ3n) is 6.34. The number of carbonyl (C=O) groups excluding carboxylic acids is 1. The van der Waals surface area contributed by atoms with Crippen molar-refractivity contribution >= 4 is 16.7 Å². The fourth-order valence-corrected chi connectivity index (χ4v) is 4.39. The molecule has 11 heteroatoms. The van der Waals surface area contributed by atoms with E-state index < -0.39 is 23.0 Å². The zero-order chi connectivity index (χ0) is 27.8. The van der Waals surface area contributed by atoms with Gasteiger partial charge in [0.2, 0.25) is 0 Å². The van der Waals surface area contributed by atoms with Crippen LogP contribution < -0.4 is 10.3 Å². The third-order valence-corrected chi connectivity index (χ3v) is 6.34. The van der Waals surface area contributed by atoms with Gasteiger partial charge in [-0.3, -0.25) is 19.8 Å². The summed E-state index contributed by atoms with van der Waals surface area (Å²) in [6.07, 6.45) is 4.73. The number of aromatic amines is 2. The molecule has 0 saturated heterocycles. The summed E-state index contributed by atoms with van der Waals surface area (Å²) in [6, 6.07) is 14.4. The fourth-order valence-electron chi connectivity index (χ4n) is 4.39. The summed E-state index contributed by atoms with van der Waals surface area (Å²) < 4.78 is 35.5. The average Bonchev–Trinajstić information content (AvgIpc) is 3.63. The van der Waals surface area contributed by atoms with Gasteiger partial charge < -0.3 is 4.74 Å². The molecule has 0 radical (unpaired) electrons. The maximum absolute atomic E-state index is 15.2. The second-order valence-corrected chi connectivity index (χ2v) is 9.15. The Hall–Kier alpha value is -5.45. The van der Waals surface area contributed by atoms with E-state index in [1.807, 2.05) is 6.07 Å². The molecule has 3 aromatic carbocycles. The maximum Gasteiger partial charge on any atom is 0.282 e. The molecule has 0 aliphatic carbocycles. The number of nitrogens with one attached hydrogen (secondary N) is 2. The Labute approximate surface area is 225 Å². The first-order chi connectivity index (χ1) is 19.4. The van der Waals surface area contributed by atoms with Gasteiger partial charge in [0, 0.05) is 29.1 Å². The van der Waals surface area contributed by atoms with Crippen LogP contribution in [0.3, 0.4) is 0 Å². The summed E-state index contributed by atoms with van der Waals surface area (Å²) >= 11 is 0. The van der Waals surface area contributed by atoms with Gasteiger partial charge in [-0.25, -0.2) is 8.78 Å². The molecular formula is C29H20F2N6O3. The topological polar surface area (TPSA) is 119 Å². The van der Waals surface area contributed by atoms with Crippen LogP contribution in [-0.4, -0.2) is 36.0 Å². The number of hydrogen-bond acceptors (Lipinski definition) is 6. The van der Waals surface area contributed by atoms with Gasteiger partial charge in [-0.15, -0.1) is 0 Å². The fraction of sp³-hybridized carbons (Fsp3) is 0.0690. The first-order valence-corrected chi connectivity index (χ1v) is 12.2. The first-order valence-electron chi connectivity index (χ1n) is 12.2. The van der Waals surface area contributed by atoms with Crippen molar-refractivity contribution in [3.8, 4) is 28.3 Å². The van der Waals surface area contributed by atoms with E-state index in [1.165, 1.54) is 42.5 Å². The van der Waals surface area contributed by atoms with Crippen LogP contribution in [0.5, 0.6) is 11.5 Å². The highest BCUT2D eigenvalue weighted by Crippen LogP contribution is 2.37. The number of rotatable bonds is 7. The van der Waals surface area contributed by atoms with Crippen molar-refractivity contribution in [2.45, 2.75) is 13.3 Å². The number of hydrogen-bond donors (Lipinski definition) is 2. The Morgan fingerprint density at radius 3 is 2.55 bits per heavy atom. The minimum atomic E-state index is -0.676. The molecule has 2 N–H and O–H groups in total. The average molecular weight is 539 g/mol. The number of halogens is 2. The predicted octanol–water partition coefficient (Wildman–Crippen LogP) is 5.30. The van der Waals surface area contributed by atoms with E-state index in [0.29, 0.717) is 28.3 Å². The largest absolute Gasteiger partial charge is 0.454 e. The van der Waals surface area contributed by atoms with Crippen LogP contribution in [0.4, 0.5) is 8.78 Å². The van der Waals surface area contributed by atoms with Gasteiger partial charge in [0.15, 0.2) is 17.3 Å². The predicted molar refractivity (Wildman–Crippen MR) is 143 cm³/mol. The lowest BCUT2D eigenvalue weighted by molar-refractivity contribution is 0.0990. The van der Waals surface area contributed by atoms with Crippen molar-refractivity contribution in [1.29, 1.82) is 0 Å². The van der Waals surface area contributed by atoms with Gasteiger partial charge in [0.05, 0.1) is 34.9 Å². The number of nitrogens with zero attached hydrogens (tertiary/aromatic N) is 4. The summed E-state index contributed by atoms with van der Waals surface area (Å²) in [7, 11) is 0. The van der Waals surface area contributed by atoms with Crippen molar-refractivity contribution < 1.29 is 18.3 Å². The molecule has 6 rings (SSSR count). The number of Topliss-reactive ketones (excluding diaryl/α,β-unsaturated/α-hetero) is 1. The van der Waals surface area contributed by atoms with E-state index in [0.717, 1.165) is 21.1 Å². The molecule has 198 valence electrons. The van der Waals surface area contributed by atoms with Crippen molar-refractivity contribution in [2.24, 2.45) is 0 Å². The Balaban J connectivity index is 1.27. The molecule has 40 heavy (non-hydrogen) atoms. The minimum Gasteiger partial charge on any atom is -0.454 e. The highest BCUT2D eigenvalue weighted by Gasteiger charge is 2.18. The highest BCUT2D eigenvalue weighted by molar-refractivity contribution is 5.97. The Bertz CT molecular complexity index is 1930. The number of carbonyl (C=O) groups is 1. The molecule has 0 aliphatic heterocycles. The van der Waals surface area contributed by atoms with Crippen LogP contribution in [0.2, 0.25) is 0 Å². The SMILES string of the molecule is Cc1cc(C(=O)Cc2ccc(Oc3cc4cn[nH]c4cc3-c3cn[nH]c3)c(F)c2)c(=O)n(-c2ccc(F)cc2)n1. The highest BCUT2D eigenvalue weighted by atomic mass is 19.1. The summed E-state index contributed by atoms with van der Waals surface area (Å²) in [4.78, 5) is 26.2. The van der Waals surface area contributed by atoms with Gasteiger partial charge in [0.25, 0.3) is 5.56 Å². The molecule has 0 atom stereocenters. The van der Waals surface area contributed by atoms with Crippen LogP contribution in [0.25, 0.3) is 27.7 Å². The zero-order valence-corrected chi connectivity index (χ0v) is 21.0. The number of aromatic nitrogens is 6. The molecule has 0 aliphatic rings. The van der Waals surface area contributed by atoms with Crippen LogP contribution >= 0.6 is 0 Å². The van der Waals surface area contributed by atoms with E-state index in [9.17, 15) is 14.0 Å². The lowest BCUT2D eigenvalue weighted by atomic mass is 10.0. The number of aryl methyl sites for hydroxylation is 1. The van der Waals surface area contributed by atoms with Crippen molar-refractivity contribution in [3.05, 3.63) is 118 Å². The molecule has 0 fully saturated rings. The van der Waals surface area contributed by atoms with Gasteiger partial charge >= 0.3 is 0 Å². The summed E-state index contributed by atoms with van der Waals surface area (Å²) in [5, 5.41) is 18.6. The summed E-state index contributed by atoms with van der Waals surface area (Å²) in [5.74, 6) is -1.29. The Morgan fingerprint density at radius 1 is 0.975 bits per heavy atom. The van der Waals surface area contributed by atoms with Crippen LogP contribution in [0.15, 0.2) is 84.0 Å². The van der Waals surface area contributed by atoms with Crippen molar-refractivity contribution in [1.82, 2.24) is 30.2 Å². The number of fused-ring (bicyclic) bond motifs is 1. The summed E-state index contributed by atoms with van der Waals surface area (Å²) in [5.41, 5.74) is 2.55. The van der Waals surface area contributed by atoms with Gasteiger partial charge in [-0.1, -0.05) is 6.07 Å². The first kappa shape index (κ1) is 24.9. The molecular weight excluding hydrogens is 518 g/mol. The quantitative estimate of drug-likeness (QED) is 0.266. The molecule has 3 heterocycles. The molecule has 0 amide bonds. The number of ketones is 1. The van der Waals surface area contributed by atoms with Crippen molar-refractivity contribution in [2.75, 3.05) is 0 Å². The normalized spacial score (nSPS) is 11.2. The molecule has 0 spiro atoms. The molecule has 0 saturated carbocycles. The summed E-state index contributed by atoms with van der Waals surface area (Å²) in [6.45, 7) is 1.64. The zero-order valence-electron chi connectivity index (χ0n) is 21.0. The van der Waals surface area contributed by atoms with Gasteiger partial charge in [0.1, 0.15) is 11.6 Å². The van der Waals surface area contributed by atoms with E-state index in [1.54, 1.807) is 37.6 Å². The van der Waals surface area contributed by atoms with Gasteiger partial charge in [-0.05, 0) is 67.1 Å². The van der Waals surface area contributed by atoms with E-state index in [4.69, 9.17) is 4.74 Å². The Kier molecular flexibility index (Phi) is 6.23. The van der Waals surface area contributed by atoms with Crippen LogP contribution in [0.1, 0.15) is 21.6 Å². The van der Waals surface area contributed by atoms with Crippen LogP contribution in [0, 0.1) is 18.6 Å². The lowest BCUT2D eigenvalue weighted by Gasteiger charge is -2.12. The molecule has 0 bridgehead atoms. The number of benzene rings is 3. The Morgan fingerprint density at radius 2 is 1.80 bits per heavy atom. The molecule has 3 aromatic heterocycles. The monoisotopic (exact) mass is 538 g/mol. The smallest absolute Gasteiger partial charge is 0.282 e. The molecule has 0 unspecified atom stereocenters. The maximum atomic E-state index is 15.2. The minimum absolute atomic E-state index is 0.0396. The standard InChI is InChI=1S/C29H20F2N6O3/c1-16-8-23(29(39)37(36-16)21-5-3-20(30)4-6-21)26(38)10-17-2-7-27(24(31)9-17)40-28-11-18-13-34-35-25(18)12-22(28)19-14-32-33-15-19/h2-9,11-15H,10H2,1H3,(H,32,33)(H,34,35). The molecule has 9 nitrogen and oxygen atoms in total. The van der Waals surface area contributed by atoms with Gasteiger partial charge in [-0.2, -0.15) is 20.0 Å². The van der Waals surface area contributed by atoms with E-state index >= 15 is 4.39 Å². The number of ether oxygens (including phenoxy) is 1. The third kappa shape index (κ3) is 4.75. The second kappa shape index (κ2) is 10.0. The second-order valence-electron chi connectivity index (χ2n) is 9.15. The van der Waals surface area contributed by atoms with E-state index in [2.05, 4.69) is 25.5 Å².